The summed E-state index contributed by atoms with van der Waals surface area (Å²) in [5, 5.41) is 5.61. The molecule has 11 nitrogen and oxygen atoms in total. The Morgan fingerprint density at radius 3 is 2.62 bits per heavy atom. The van der Waals surface area contributed by atoms with E-state index >= 15 is 0 Å². The third kappa shape index (κ3) is 4.21. The van der Waals surface area contributed by atoms with Gasteiger partial charge >= 0.3 is 5.69 Å². The number of benzene rings is 2. The quantitative estimate of drug-likeness (QED) is 0.163. The number of likely N-dealkylation sites (tertiary alicyclic amines) is 1. The maximum Gasteiger partial charge on any atom is 0.326 e. The van der Waals surface area contributed by atoms with Gasteiger partial charge in [-0.3, -0.25) is 14.5 Å². The molecule has 2 aromatic heterocycles. The van der Waals surface area contributed by atoms with E-state index in [0.717, 1.165) is 29.4 Å². The molecular weight excluding hydrogens is 474 g/mol. The van der Waals surface area contributed by atoms with Gasteiger partial charge < -0.3 is 24.7 Å². The molecule has 2 aliphatic heterocycles. The van der Waals surface area contributed by atoms with Crippen molar-refractivity contribution in [2.75, 3.05) is 31.3 Å². The fourth-order valence-corrected chi connectivity index (χ4v) is 5.37. The van der Waals surface area contributed by atoms with Crippen molar-refractivity contribution in [1.82, 2.24) is 14.5 Å². The van der Waals surface area contributed by atoms with Crippen LogP contribution in [0.15, 0.2) is 75.4 Å². The molecule has 1 saturated heterocycles. The fourth-order valence-electron chi connectivity index (χ4n) is 5.37. The summed E-state index contributed by atoms with van der Waals surface area (Å²) in [6.45, 7) is 2.41. The molecule has 4 heterocycles. The molecule has 6 rings (SSSR count). The fraction of sp³-hybridized carbons (Fsp3) is 0.308. The number of fused-ring (bicyclic) bond motifs is 2. The molecule has 5 N–H and O–H groups in total. The number of hydrazine groups is 1. The van der Waals surface area contributed by atoms with Gasteiger partial charge in [0.15, 0.2) is 17.3 Å². The number of nitrogens with two attached hydrogens (primary N) is 2. The molecule has 2 aliphatic rings. The lowest BCUT2D eigenvalue weighted by molar-refractivity contribution is 0.164. The van der Waals surface area contributed by atoms with Crippen molar-refractivity contribution in [3.63, 3.8) is 0 Å². The number of nitrogens with one attached hydrogen (secondary N) is 1. The average Bonchev–Trinajstić information content (AvgIpc) is 3.58. The molecule has 0 radical (unpaired) electrons. The summed E-state index contributed by atoms with van der Waals surface area (Å²) >= 11 is 0. The highest BCUT2D eigenvalue weighted by Gasteiger charge is 2.34. The third-order valence-electron chi connectivity index (χ3n) is 7.14. The Morgan fingerprint density at radius 2 is 1.86 bits per heavy atom. The second-order valence-corrected chi connectivity index (χ2v) is 9.23. The molecule has 2 aromatic carbocycles. The number of ether oxygens (including phenoxy) is 2. The number of amidine groups is 1. The van der Waals surface area contributed by atoms with E-state index in [1.807, 2.05) is 53.1 Å². The van der Waals surface area contributed by atoms with Crippen molar-refractivity contribution in [1.29, 1.82) is 0 Å². The minimum Gasteiger partial charge on any atom is -0.486 e. The van der Waals surface area contributed by atoms with Crippen LogP contribution < -0.4 is 31.9 Å². The maximum absolute atomic E-state index is 12.7. The van der Waals surface area contributed by atoms with E-state index < -0.39 is 0 Å². The molecule has 4 aromatic rings. The van der Waals surface area contributed by atoms with Crippen molar-refractivity contribution < 1.29 is 13.9 Å². The average molecular weight is 504 g/mol. The van der Waals surface area contributed by atoms with Crippen LogP contribution >= 0.6 is 0 Å². The van der Waals surface area contributed by atoms with Crippen LogP contribution in [-0.4, -0.2) is 46.6 Å². The van der Waals surface area contributed by atoms with E-state index in [2.05, 4.69) is 15.0 Å². The number of furan rings is 1. The van der Waals surface area contributed by atoms with Crippen molar-refractivity contribution in [2.24, 2.45) is 16.8 Å². The van der Waals surface area contributed by atoms with E-state index in [1.54, 1.807) is 12.5 Å². The molecule has 0 spiro atoms. The highest BCUT2D eigenvalue weighted by Crippen LogP contribution is 2.36. The van der Waals surface area contributed by atoms with Crippen molar-refractivity contribution in [3.05, 3.63) is 77.1 Å². The first-order valence-electron chi connectivity index (χ1n) is 12.3. The number of hydrogen-bond donors (Lipinski definition) is 3. The Balaban J connectivity index is 1.27. The predicted octanol–water partition coefficient (Wildman–Crippen LogP) is 2.72. The first kappa shape index (κ1) is 23.2. The molecule has 1 atom stereocenters. The Bertz CT molecular complexity index is 1470. The van der Waals surface area contributed by atoms with Crippen LogP contribution in [0, 0.1) is 0 Å². The monoisotopic (exact) mass is 503 g/mol. The molecule has 11 heteroatoms. The molecule has 0 bridgehead atoms. The second kappa shape index (κ2) is 9.68. The van der Waals surface area contributed by atoms with Crippen molar-refractivity contribution in [2.45, 2.75) is 24.9 Å². The molecule has 37 heavy (non-hydrogen) atoms. The lowest BCUT2D eigenvalue weighted by atomic mass is 9.99. The Labute approximate surface area is 212 Å². The van der Waals surface area contributed by atoms with Gasteiger partial charge in [-0.15, -0.1) is 0 Å². The van der Waals surface area contributed by atoms with Crippen LogP contribution in [0.25, 0.3) is 11.0 Å². The number of rotatable bonds is 5. The number of anilines is 1. The number of imidazole rings is 1. The van der Waals surface area contributed by atoms with Gasteiger partial charge in [0.05, 0.1) is 29.2 Å². The van der Waals surface area contributed by atoms with E-state index in [9.17, 15) is 4.79 Å². The number of piperidine rings is 1. The van der Waals surface area contributed by atoms with E-state index in [0.29, 0.717) is 49.3 Å². The number of hydrogen-bond acceptors (Lipinski definition) is 8. The van der Waals surface area contributed by atoms with Crippen LogP contribution in [0.1, 0.15) is 30.5 Å². The van der Waals surface area contributed by atoms with Crippen LogP contribution in [0.5, 0.6) is 11.5 Å². The van der Waals surface area contributed by atoms with E-state index in [-0.39, 0.29) is 17.8 Å². The summed E-state index contributed by atoms with van der Waals surface area (Å²) in [5.74, 6) is 14.3. The van der Waals surface area contributed by atoms with Crippen LogP contribution in [0.2, 0.25) is 0 Å². The van der Waals surface area contributed by atoms with Crippen molar-refractivity contribution >= 4 is 22.6 Å². The second-order valence-electron chi connectivity index (χ2n) is 9.23. The van der Waals surface area contributed by atoms with Gasteiger partial charge in [-0.25, -0.2) is 10.6 Å². The molecule has 1 fully saturated rings. The summed E-state index contributed by atoms with van der Waals surface area (Å²) in [5.41, 5.74) is 3.25. The largest absolute Gasteiger partial charge is 0.486 e. The van der Waals surface area contributed by atoms with Gasteiger partial charge in [0.1, 0.15) is 19.3 Å². The smallest absolute Gasteiger partial charge is 0.326 e. The Morgan fingerprint density at radius 1 is 1.08 bits per heavy atom. The summed E-state index contributed by atoms with van der Waals surface area (Å²) in [4.78, 5) is 18.0. The number of para-hydroxylation sites is 2. The summed E-state index contributed by atoms with van der Waals surface area (Å²) in [7, 11) is 0. The zero-order valence-electron chi connectivity index (χ0n) is 20.2. The molecule has 0 saturated carbocycles. The molecule has 192 valence electrons. The number of aromatic amines is 1. The zero-order valence-corrected chi connectivity index (χ0v) is 20.2. The van der Waals surface area contributed by atoms with Gasteiger partial charge in [-0.05, 0) is 43.2 Å². The number of aromatic nitrogens is 2. The van der Waals surface area contributed by atoms with Gasteiger partial charge in [0.25, 0.3) is 0 Å². The Kier molecular flexibility index (Phi) is 6.07. The predicted molar refractivity (Wildman–Crippen MR) is 140 cm³/mol. The first-order chi connectivity index (χ1) is 18.1. The minimum absolute atomic E-state index is 0.0786. The highest BCUT2D eigenvalue weighted by molar-refractivity contribution is 6.01. The van der Waals surface area contributed by atoms with Crippen molar-refractivity contribution in [3.8, 4) is 11.5 Å². The minimum atomic E-state index is -0.345. The van der Waals surface area contributed by atoms with Crippen LogP contribution in [-0.2, 0) is 0 Å². The SMILES string of the molecule is N/N=C(/C(c1ccoc1)N1CCC(n2c(=O)[nH]c3ccccc32)CC1)N(N)c1ccc2c(c1)OCCO2. The summed E-state index contributed by atoms with van der Waals surface area (Å²) in [6.07, 6.45) is 4.87. The van der Waals surface area contributed by atoms with E-state index in [1.165, 1.54) is 5.01 Å². The lowest BCUT2D eigenvalue weighted by Gasteiger charge is -2.39. The maximum atomic E-state index is 12.7. The highest BCUT2D eigenvalue weighted by atomic mass is 16.6. The standard InChI is InChI=1S/C26H29N7O4/c27-30-25(33(28)19-5-6-22-23(15-19)37-14-13-36-22)24(17-9-12-35-16-17)31-10-7-18(8-11-31)32-21-4-2-1-3-20(21)29-26(32)34/h1-6,9,12,15-16,18,24H,7-8,10-11,13-14,27-28H2,(H,29,34)/b30-25-. The summed E-state index contributed by atoms with van der Waals surface area (Å²) < 4.78 is 18.7. The van der Waals surface area contributed by atoms with E-state index in [4.69, 9.17) is 25.6 Å². The third-order valence-corrected chi connectivity index (χ3v) is 7.14. The van der Waals surface area contributed by atoms with Gasteiger partial charge in [-0.2, -0.15) is 5.10 Å². The summed E-state index contributed by atoms with van der Waals surface area (Å²) in [6, 6.07) is 14.9. The number of hydrazone groups is 1. The molecule has 0 amide bonds. The van der Waals surface area contributed by atoms with Crippen LogP contribution in [0.3, 0.4) is 0 Å². The van der Waals surface area contributed by atoms with Crippen LogP contribution in [0.4, 0.5) is 5.69 Å². The topological polar surface area (TPSA) is 140 Å². The van der Waals surface area contributed by atoms with Gasteiger partial charge in [0, 0.05) is 30.8 Å². The molecule has 0 aliphatic carbocycles. The Hall–Kier alpha value is -4.22. The van der Waals surface area contributed by atoms with Gasteiger partial charge in [0.2, 0.25) is 0 Å². The molecule has 1 unspecified atom stereocenters. The zero-order chi connectivity index (χ0) is 25.4. The number of H-pyrrole nitrogens is 1. The molecular formula is C26H29N7O4. The number of nitrogens with zero attached hydrogens (tertiary/aromatic N) is 4. The first-order valence-corrected chi connectivity index (χ1v) is 12.3. The van der Waals surface area contributed by atoms with Gasteiger partial charge in [-0.1, -0.05) is 12.1 Å². The lowest BCUT2D eigenvalue weighted by Crippen LogP contribution is -2.49. The normalized spacial score (nSPS) is 17.7.